The number of unbranched alkanes of at least 4 members (excludes halogenated alkanes) is 6. The van der Waals surface area contributed by atoms with E-state index in [1.165, 1.54) is 38.5 Å². The second-order valence-corrected chi connectivity index (χ2v) is 5.82. The second kappa shape index (κ2) is 13.8. The molecule has 0 unspecified atom stereocenters. The minimum absolute atomic E-state index is 0.200. The molecule has 0 aliphatic rings. The van der Waals surface area contributed by atoms with Gasteiger partial charge in [-0.15, -0.1) is 0 Å². The van der Waals surface area contributed by atoms with Crippen LogP contribution in [0.3, 0.4) is 0 Å². The fraction of sp³-hybridized carbons (Fsp3) is 0.476. The lowest BCUT2D eigenvalue weighted by molar-refractivity contribution is -0.114. The molecule has 126 valence electrons. The topological polar surface area (TPSA) is 26.3 Å². The zero-order valence-corrected chi connectivity index (χ0v) is 14.4. The van der Waals surface area contributed by atoms with Gasteiger partial charge in [-0.2, -0.15) is 0 Å². The smallest absolute Gasteiger partial charge is 0.155 e. The molecule has 0 saturated carbocycles. The molecule has 0 aromatic heterocycles. The summed E-state index contributed by atoms with van der Waals surface area (Å²) in [6, 6.07) is 10.0. The van der Waals surface area contributed by atoms with Crippen LogP contribution in [-0.4, -0.2) is 5.78 Å². The van der Waals surface area contributed by atoms with Gasteiger partial charge in [0.2, 0.25) is 0 Å². The van der Waals surface area contributed by atoms with Crippen molar-refractivity contribution >= 4 is 5.78 Å². The number of ether oxygens (including phenoxy) is 1. The third-order valence-corrected chi connectivity index (χ3v) is 3.69. The van der Waals surface area contributed by atoms with Crippen molar-refractivity contribution in [2.24, 2.45) is 0 Å². The highest BCUT2D eigenvalue weighted by atomic mass is 16.5. The summed E-state index contributed by atoms with van der Waals surface area (Å²) in [4.78, 5) is 11.7. The van der Waals surface area contributed by atoms with E-state index in [0.717, 1.165) is 12.0 Å². The Morgan fingerprint density at radius 3 is 2.39 bits per heavy atom. The SMILES string of the molecule is CCCCCCCCCC(=O)/C=C/C=C/OCc1ccccc1. The predicted octanol–water partition coefficient (Wildman–Crippen LogP) is 5.98. The maximum absolute atomic E-state index is 11.7. The van der Waals surface area contributed by atoms with Crippen molar-refractivity contribution in [2.75, 3.05) is 0 Å². The molecule has 2 nitrogen and oxygen atoms in total. The van der Waals surface area contributed by atoms with E-state index in [2.05, 4.69) is 6.92 Å². The molecule has 0 radical (unpaired) electrons. The van der Waals surface area contributed by atoms with E-state index in [4.69, 9.17) is 4.74 Å². The summed E-state index contributed by atoms with van der Waals surface area (Å²) in [5.74, 6) is 0.200. The molecule has 23 heavy (non-hydrogen) atoms. The maximum Gasteiger partial charge on any atom is 0.155 e. The summed E-state index contributed by atoms with van der Waals surface area (Å²) in [6.07, 6.45) is 16.1. The molecule has 1 rings (SSSR count). The van der Waals surface area contributed by atoms with Gasteiger partial charge in [-0.05, 0) is 24.1 Å². The zero-order valence-electron chi connectivity index (χ0n) is 14.4. The van der Waals surface area contributed by atoms with E-state index in [-0.39, 0.29) is 5.78 Å². The Bertz CT molecular complexity index is 460. The van der Waals surface area contributed by atoms with Crippen molar-refractivity contribution in [1.82, 2.24) is 0 Å². The number of carbonyl (C=O) groups is 1. The van der Waals surface area contributed by atoms with Gasteiger partial charge in [-0.3, -0.25) is 4.79 Å². The summed E-state index contributed by atoms with van der Waals surface area (Å²) in [5.41, 5.74) is 1.14. The van der Waals surface area contributed by atoms with Crippen molar-refractivity contribution in [3.05, 3.63) is 60.4 Å². The number of hydrogen-bond donors (Lipinski definition) is 0. The van der Waals surface area contributed by atoms with Crippen LogP contribution in [0.25, 0.3) is 0 Å². The van der Waals surface area contributed by atoms with Gasteiger partial charge in [0.25, 0.3) is 0 Å². The molecule has 0 aliphatic carbocycles. The molecule has 0 bridgehead atoms. The van der Waals surface area contributed by atoms with Crippen molar-refractivity contribution in [3.8, 4) is 0 Å². The number of allylic oxidation sites excluding steroid dienone is 3. The molecule has 0 N–H and O–H groups in total. The van der Waals surface area contributed by atoms with Crippen LogP contribution in [0.2, 0.25) is 0 Å². The molecule has 1 aromatic rings. The summed E-state index contributed by atoms with van der Waals surface area (Å²) < 4.78 is 5.40. The number of benzene rings is 1. The molecule has 1 aromatic carbocycles. The molecule has 0 amide bonds. The van der Waals surface area contributed by atoms with Crippen molar-refractivity contribution in [1.29, 1.82) is 0 Å². The highest BCUT2D eigenvalue weighted by Gasteiger charge is 1.96. The normalized spacial score (nSPS) is 11.3. The first-order valence-corrected chi connectivity index (χ1v) is 8.84. The third kappa shape index (κ3) is 11.4. The van der Waals surface area contributed by atoms with Gasteiger partial charge in [-0.1, -0.05) is 81.9 Å². The molecule has 0 aliphatic heterocycles. The summed E-state index contributed by atoms with van der Waals surface area (Å²) in [7, 11) is 0. The van der Waals surface area contributed by atoms with Crippen LogP contribution in [0.15, 0.2) is 54.8 Å². The average molecular weight is 314 g/mol. The first-order valence-electron chi connectivity index (χ1n) is 8.84. The van der Waals surface area contributed by atoms with Crippen molar-refractivity contribution in [3.63, 3.8) is 0 Å². The highest BCUT2D eigenvalue weighted by Crippen LogP contribution is 2.08. The third-order valence-electron chi connectivity index (χ3n) is 3.69. The standard InChI is InChI=1S/C21H30O2/c1-2-3-4-5-6-7-11-16-21(22)17-12-13-18-23-19-20-14-9-8-10-15-20/h8-10,12-15,17-18H,2-7,11,16,19H2,1H3/b17-12+,18-13+. The van der Waals surface area contributed by atoms with Gasteiger partial charge in [-0.25, -0.2) is 0 Å². The number of hydrogen-bond acceptors (Lipinski definition) is 2. The fourth-order valence-corrected chi connectivity index (χ4v) is 2.32. The number of rotatable bonds is 13. The summed E-state index contributed by atoms with van der Waals surface area (Å²) >= 11 is 0. The van der Waals surface area contributed by atoms with E-state index in [0.29, 0.717) is 13.0 Å². The van der Waals surface area contributed by atoms with E-state index in [1.54, 1.807) is 24.5 Å². The van der Waals surface area contributed by atoms with Crippen LogP contribution in [0.1, 0.15) is 63.9 Å². The predicted molar refractivity (Wildman–Crippen MR) is 97.1 cm³/mol. The lowest BCUT2D eigenvalue weighted by Gasteiger charge is -1.99. The lowest BCUT2D eigenvalue weighted by Crippen LogP contribution is -1.92. The molecular weight excluding hydrogens is 284 g/mol. The molecule has 0 spiro atoms. The zero-order chi connectivity index (χ0) is 16.6. The van der Waals surface area contributed by atoms with E-state index in [1.807, 2.05) is 30.3 Å². The Hall–Kier alpha value is -1.83. The van der Waals surface area contributed by atoms with Gasteiger partial charge in [0.1, 0.15) is 6.61 Å². The van der Waals surface area contributed by atoms with Crippen LogP contribution in [-0.2, 0) is 16.1 Å². The Morgan fingerprint density at radius 1 is 0.957 bits per heavy atom. The monoisotopic (exact) mass is 314 g/mol. The summed E-state index contributed by atoms with van der Waals surface area (Å²) in [6.45, 7) is 2.78. The van der Waals surface area contributed by atoms with Crippen molar-refractivity contribution < 1.29 is 9.53 Å². The van der Waals surface area contributed by atoms with Gasteiger partial charge < -0.3 is 4.74 Å². The molecular formula is C21H30O2. The second-order valence-electron chi connectivity index (χ2n) is 5.82. The van der Waals surface area contributed by atoms with Gasteiger partial charge >= 0.3 is 0 Å². The van der Waals surface area contributed by atoms with E-state index in [9.17, 15) is 4.79 Å². The van der Waals surface area contributed by atoms with E-state index >= 15 is 0 Å². The lowest BCUT2D eigenvalue weighted by atomic mass is 10.1. The quantitative estimate of drug-likeness (QED) is 0.194. The Kier molecular flexibility index (Phi) is 11.5. The number of carbonyl (C=O) groups excluding carboxylic acids is 1. The van der Waals surface area contributed by atoms with Gasteiger partial charge in [0, 0.05) is 6.42 Å². The van der Waals surface area contributed by atoms with E-state index < -0.39 is 0 Å². The van der Waals surface area contributed by atoms with Crippen LogP contribution in [0.5, 0.6) is 0 Å². The molecule has 2 heteroatoms. The molecule has 0 fully saturated rings. The minimum atomic E-state index is 0.200. The van der Waals surface area contributed by atoms with Crippen molar-refractivity contribution in [2.45, 2.75) is 64.9 Å². The molecule has 0 saturated heterocycles. The minimum Gasteiger partial charge on any atom is -0.497 e. The molecule has 0 heterocycles. The Morgan fingerprint density at radius 2 is 1.65 bits per heavy atom. The van der Waals surface area contributed by atoms with Gasteiger partial charge in [0.05, 0.1) is 6.26 Å². The highest BCUT2D eigenvalue weighted by molar-refractivity contribution is 5.89. The van der Waals surface area contributed by atoms with Crippen LogP contribution in [0, 0.1) is 0 Å². The summed E-state index contributed by atoms with van der Waals surface area (Å²) in [5, 5.41) is 0. The fourth-order valence-electron chi connectivity index (χ4n) is 2.32. The van der Waals surface area contributed by atoms with Gasteiger partial charge in [0.15, 0.2) is 5.78 Å². The van der Waals surface area contributed by atoms with Crippen LogP contribution in [0.4, 0.5) is 0 Å². The Balaban J connectivity index is 2.01. The first-order chi connectivity index (χ1) is 11.3. The number of ketones is 1. The largest absolute Gasteiger partial charge is 0.497 e. The van der Waals surface area contributed by atoms with Crippen LogP contribution >= 0.6 is 0 Å². The Labute approximate surface area is 141 Å². The maximum atomic E-state index is 11.7. The van der Waals surface area contributed by atoms with Crippen LogP contribution < -0.4 is 0 Å². The first kappa shape index (κ1) is 19.2. The average Bonchev–Trinajstić information content (AvgIpc) is 2.58. The molecule has 0 atom stereocenters.